The molecule has 1 aromatic rings. The van der Waals surface area contributed by atoms with Gasteiger partial charge in [-0.2, -0.15) is 0 Å². The van der Waals surface area contributed by atoms with Crippen LogP contribution in [0.4, 0.5) is 0 Å². The standard InChI is InChI=1S/C16H21NO3/c1-14-3-10-4-15(2,7-14)9-16(5-10,8-14)13-17-11(6-20-13)12(18)19/h6,10H,3-5,7-9H2,1-2H3,(H,18,19). The fourth-order valence-corrected chi connectivity index (χ4v) is 6.30. The lowest BCUT2D eigenvalue weighted by Gasteiger charge is -2.64. The highest BCUT2D eigenvalue weighted by Gasteiger charge is 2.62. The van der Waals surface area contributed by atoms with Crippen LogP contribution in [0.25, 0.3) is 0 Å². The van der Waals surface area contributed by atoms with Gasteiger partial charge in [0.25, 0.3) is 0 Å². The van der Waals surface area contributed by atoms with E-state index in [1.807, 2.05) is 0 Å². The van der Waals surface area contributed by atoms with Gasteiger partial charge in [0.2, 0.25) is 5.89 Å². The molecule has 0 aromatic carbocycles. The Hall–Kier alpha value is -1.32. The summed E-state index contributed by atoms with van der Waals surface area (Å²) in [5, 5.41) is 9.06. The average molecular weight is 275 g/mol. The van der Waals surface area contributed by atoms with Crippen molar-refractivity contribution >= 4 is 5.97 Å². The van der Waals surface area contributed by atoms with Crippen molar-refractivity contribution in [2.24, 2.45) is 16.7 Å². The number of rotatable bonds is 2. The predicted molar refractivity (Wildman–Crippen MR) is 72.5 cm³/mol. The van der Waals surface area contributed by atoms with Crippen LogP contribution in [-0.4, -0.2) is 16.1 Å². The number of carbonyl (C=O) groups is 1. The van der Waals surface area contributed by atoms with Crippen molar-refractivity contribution in [3.05, 3.63) is 17.8 Å². The summed E-state index contributed by atoms with van der Waals surface area (Å²) < 4.78 is 5.61. The molecule has 0 amide bonds. The van der Waals surface area contributed by atoms with E-state index in [0.29, 0.717) is 16.7 Å². The number of nitrogens with zero attached hydrogens (tertiary/aromatic N) is 1. The van der Waals surface area contributed by atoms with Crippen molar-refractivity contribution in [2.75, 3.05) is 0 Å². The quantitative estimate of drug-likeness (QED) is 0.895. The molecule has 1 N–H and O–H groups in total. The number of carboxylic acids is 1. The molecule has 4 nitrogen and oxygen atoms in total. The summed E-state index contributed by atoms with van der Waals surface area (Å²) in [5.41, 5.74) is 0.792. The van der Waals surface area contributed by atoms with Gasteiger partial charge in [0.05, 0.1) is 0 Å². The van der Waals surface area contributed by atoms with Crippen LogP contribution in [0, 0.1) is 16.7 Å². The lowest BCUT2D eigenvalue weighted by Crippen LogP contribution is -2.57. The first-order chi connectivity index (χ1) is 9.32. The molecule has 0 radical (unpaired) electrons. The Morgan fingerprint density at radius 3 is 2.40 bits per heavy atom. The number of aromatic carboxylic acids is 1. The lowest BCUT2D eigenvalue weighted by molar-refractivity contribution is -0.117. The maximum Gasteiger partial charge on any atom is 0.357 e. The van der Waals surface area contributed by atoms with Gasteiger partial charge >= 0.3 is 5.97 Å². The van der Waals surface area contributed by atoms with E-state index in [4.69, 9.17) is 9.52 Å². The summed E-state index contributed by atoms with van der Waals surface area (Å²) in [6, 6.07) is 0. The minimum Gasteiger partial charge on any atom is -0.476 e. The predicted octanol–water partition coefficient (Wildman–Crippen LogP) is 3.62. The van der Waals surface area contributed by atoms with Gasteiger partial charge < -0.3 is 9.52 Å². The fraction of sp³-hybridized carbons (Fsp3) is 0.750. The van der Waals surface area contributed by atoms with Crippen molar-refractivity contribution in [1.29, 1.82) is 0 Å². The van der Waals surface area contributed by atoms with Crippen LogP contribution in [0.1, 0.15) is 68.8 Å². The Balaban J connectivity index is 1.78. The molecule has 0 spiro atoms. The fourth-order valence-electron chi connectivity index (χ4n) is 6.30. The van der Waals surface area contributed by atoms with E-state index < -0.39 is 5.97 Å². The van der Waals surface area contributed by atoms with E-state index in [-0.39, 0.29) is 11.1 Å². The molecule has 2 atom stereocenters. The number of hydrogen-bond donors (Lipinski definition) is 1. The Kier molecular flexibility index (Phi) is 2.15. The summed E-state index contributed by atoms with van der Waals surface area (Å²) in [4.78, 5) is 15.3. The number of oxazole rings is 1. The molecular weight excluding hydrogens is 254 g/mol. The summed E-state index contributed by atoms with van der Waals surface area (Å²) in [6.07, 6.45) is 8.56. The number of aromatic nitrogens is 1. The molecule has 108 valence electrons. The van der Waals surface area contributed by atoms with Crippen LogP contribution in [0.15, 0.2) is 10.7 Å². The van der Waals surface area contributed by atoms with Crippen molar-refractivity contribution in [3.63, 3.8) is 0 Å². The molecule has 4 saturated carbocycles. The lowest BCUT2D eigenvalue weighted by atomic mass is 9.40. The van der Waals surface area contributed by atoms with Gasteiger partial charge in [0.1, 0.15) is 6.26 Å². The highest BCUT2D eigenvalue weighted by atomic mass is 16.4. The number of carboxylic acid groups (broad SMARTS) is 1. The molecule has 1 heterocycles. The van der Waals surface area contributed by atoms with Crippen LogP contribution in [-0.2, 0) is 5.41 Å². The Bertz CT molecular complexity index is 572. The SMILES string of the molecule is CC12CC3CC(C)(C1)CC(c1nc(C(=O)O)co1)(C3)C2. The van der Waals surface area contributed by atoms with Crippen molar-refractivity contribution < 1.29 is 14.3 Å². The molecule has 0 aliphatic heterocycles. The maximum absolute atomic E-state index is 11.0. The van der Waals surface area contributed by atoms with Crippen molar-refractivity contribution in [3.8, 4) is 0 Å². The van der Waals surface area contributed by atoms with E-state index in [2.05, 4.69) is 18.8 Å². The molecule has 4 aliphatic rings. The van der Waals surface area contributed by atoms with E-state index in [1.54, 1.807) is 0 Å². The molecular formula is C16H21NO3. The molecule has 5 rings (SSSR count). The van der Waals surface area contributed by atoms with E-state index >= 15 is 0 Å². The minimum atomic E-state index is -0.998. The smallest absolute Gasteiger partial charge is 0.357 e. The van der Waals surface area contributed by atoms with Gasteiger partial charge in [-0.3, -0.25) is 0 Å². The van der Waals surface area contributed by atoms with Gasteiger partial charge in [-0.15, -0.1) is 0 Å². The van der Waals surface area contributed by atoms with Crippen LogP contribution < -0.4 is 0 Å². The highest BCUT2D eigenvalue weighted by molar-refractivity contribution is 5.84. The number of hydrogen-bond acceptors (Lipinski definition) is 3. The summed E-state index contributed by atoms with van der Waals surface area (Å²) in [5.74, 6) is 0.431. The first kappa shape index (κ1) is 12.4. The zero-order chi connectivity index (χ0) is 14.2. The monoisotopic (exact) mass is 275 g/mol. The Morgan fingerprint density at radius 1 is 1.25 bits per heavy atom. The molecule has 4 bridgehead atoms. The van der Waals surface area contributed by atoms with Crippen molar-refractivity contribution in [1.82, 2.24) is 4.98 Å². The molecule has 4 aliphatic carbocycles. The molecule has 4 heteroatoms. The van der Waals surface area contributed by atoms with Crippen LogP contribution in [0.2, 0.25) is 0 Å². The molecule has 4 fully saturated rings. The van der Waals surface area contributed by atoms with Crippen molar-refractivity contribution in [2.45, 2.75) is 57.8 Å². The largest absolute Gasteiger partial charge is 0.476 e. The Labute approximate surface area is 118 Å². The van der Waals surface area contributed by atoms with Gasteiger partial charge in [0.15, 0.2) is 5.69 Å². The maximum atomic E-state index is 11.0. The minimum absolute atomic E-state index is 0.0172. The van der Waals surface area contributed by atoms with Gasteiger partial charge in [-0.05, 0) is 55.3 Å². The van der Waals surface area contributed by atoms with Crippen LogP contribution >= 0.6 is 0 Å². The second kappa shape index (κ2) is 3.46. The third-order valence-corrected chi connectivity index (χ3v) is 5.80. The zero-order valence-corrected chi connectivity index (χ0v) is 12.1. The summed E-state index contributed by atoms with van der Waals surface area (Å²) in [6.45, 7) is 4.79. The molecule has 1 aromatic heterocycles. The topological polar surface area (TPSA) is 63.3 Å². The molecule has 0 saturated heterocycles. The third kappa shape index (κ3) is 1.60. The van der Waals surface area contributed by atoms with Gasteiger partial charge in [-0.25, -0.2) is 9.78 Å². The highest BCUT2D eigenvalue weighted by Crippen LogP contribution is 2.69. The second-order valence-electron chi connectivity index (χ2n) is 8.25. The Morgan fingerprint density at radius 2 is 1.90 bits per heavy atom. The van der Waals surface area contributed by atoms with E-state index in [1.165, 1.54) is 25.5 Å². The van der Waals surface area contributed by atoms with E-state index in [9.17, 15) is 4.79 Å². The first-order valence-corrected chi connectivity index (χ1v) is 7.51. The van der Waals surface area contributed by atoms with E-state index in [0.717, 1.165) is 25.2 Å². The normalized spacial score (nSPS) is 45.8. The summed E-state index contributed by atoms with van der Waals surface area (Å²) in [7, 11) is 0. The third-order valence-electron chi connectivity index (χ3n) is 5.80. The van der Waals surface area contributed by atoms with Crippen LogP contribution in [0.5, 0.6) is 0 Å². The van der Waals surface area contributed by atoms with Gasteiger partial charge in [-0.1, -0.05) is 13.8 Å². The molecule has 20 heavy (non-hydrogen) atoms. The van der Waals surface area contributed by atoms with Gasteiger partial charge in [0, 0.05) is 5.41 Å². The average Bonchev–Trinajstić information content (AvgIpc) is 2.72. The van der Waals surface area contributed by atoms with Crippen LogP contribution in [0.3, 0.4) is 0 Å². The zero-order valence-electron chi connectivity index (χ0n) is 12.1. The molecule has 2 unspecified atom stereocenters. The summed E-state index contributed by atoms with van der Waals surface area (Å²) >= 11 is 0. The first-order valence-electron chi connectivity index (χ1n) is 7.51. The second-order valence-corrected chi connectivity index (χ2v) is 8.25.